The molecule has 196 valence electrons. The van der Waals surface area contributed by atoms with Crippen molar-refractivity contribution in [1.82, 2.24) is 4.90 Å². The Kier molecular flexibility index (Phi) is 7.26. The highest BCUT2D eigenvalue weighted by Gasteiger charge is 2.14. The Hall–Kier alpha value is -4.19. The molecule has 1 fully saturated rings. The van der Waals surface area contributed by atoms with Gasteiger partial charge in [0.05, 0.1) is 13.2 Å². The fourth-order valence-electron chi connectivity index (χ4n) is 5.34. The Labute approximate surface area is 229 Å². The molecule has 5 aromatic carbocycles. The molecule has 1 amide bonds. The van der Waals surface area contributed by atoms with E-state index in [2.05, 4.69) is 59.6 Å². The van der Waals surface area contributed by atoms with Crippen molar-refractivity contribution in [2.75, 3.05) is 44.8 Å². The maximum absolute atomic E-state index is 13.4. The van der Waals surface area contributed by atoms with Crippen molar-refractivity contribution >= 4 is 33.1 Å². The third-order valence-corrected chi connectivity index (χ3v) is 7.48. The van der Waals surface area contributed by atoms with Crippen molar-refractivity contribution in [3.05, 3.63) is 108 Å². The number of aryl methyl sites for hydroxylation is 1. The number of hydrogen-bond acceptors (Lipinski definition) is 4. The second-order valence-corrected chi connectivity index (χ2v) is 9.97. The van der Waals surface area contributed by atoms with Crippen molar-refractivity contribution in [3.8, 4) is 16.9 Å². The van der Waals surface area contributed by atoms with Gasteiger partial charge in [-0.1, -0.05) is 72.8 Å². The molecule has 0 atom stereocenters. The molecule has 0 saturated carbocycles. The highest BCUT2D eigenvalue weighted by molar-refractivity contribution is 6.11. The predicted octanol–water partition coefficient (Wildman–Crippen LogP) is 6.93. The van der Waals surface area contributed by atoms with Crippen LogP contribution in [0.15, 0.2) is 97.1 Å². The van der Waals surface area contributed by atoms with Gasteiger partial charge in [-0.05, 0) is 58.7 Å². The highest BCUT2D eigenvalue weighted by atomic mass is 16.5. The third-order valence-electron chi connectivity index (χ3n) is 7.48. The molecule has 0 bridgehead atoms. The van der Waals surface area contributed by atoms with E-state index < -0.39 is 0 Å². The van der Waals surface area contributed by atoms with Crippen LogP contribution in [0.3, 0.4) is 0 Å². The largest absolute Gasteiger partial charge is 0.492 e. The number of benzene rings is 5. The lowest BCUT2D eigenvalue weighted by molar-refractivity contribution is 0.0323. The second kappa shape index (κ2) is 11.3. The van der Waals surface area contributed by atoms with Crippen LogP contribution in [0.4, 0.5) is 5.69 Å². The smallest absolute Gasteiger partial charge is 0.255 e. The number of carbonyl (C=O) groups is 1. The summed E-state index contributed by atoms with van der Waals surface area (Å²) < 4.78 is 11.6. The summed E-state index contributed by atoms with van der Waals surface area (Å²) in [5.41, 5.74) is 4.76. The first-order chi connectivity index (χ1) is 19.2. The number of ether oxygens (including phenoxy) is 2. The quantitative estimate of drug-likeness (QED) is 0.255. The van der Waals surface area contributed by atoms with Crippen LogP contribution in [0, 0.1) is 6.92 Å². The molecule has 39 heavy (non-hydrogen) atoms. The number of morpholine rings is 1. The maximum atomic E-state index is 13.4. The number of amides is 1. The molecule has 5 nitrogen and oxygen atoms in total. The van der Waals surface area contributed by atoms with E-state index in [1.54, 1.807) is 0 Å². The van der Waals surface area contributed by atoms with Crippen LogP contribution in [-0.4, -0.2) is 50.3 Å². The van der Waals surface area contributed by atoms with Gasteiger partial charge in [-0.3, -0.25) is 9.69 Å². The third kappa shape index (κ3) is 5.37. The fourth-order valence-corrected chi connectivity index (χ4v) is 5.34. The molecule has 0 radical (unpaired) electrons. The topological polar surface area (TPSA) is 50.8 Å². The average molecular weight is 517 g/mol. The first-order valence-corrected chi connectivity index (χ1v) is 13.5. The van der Waals surface area contributed by atoms with Gasteiger partial charge in [-0.25, -0.2) is 0 Å². The summed E-state index contributed by atoms with van der Waals surface area (Å²) in [4.78, 5) is 15.8. The van der Waals surface area contributed by atoms with E-state index in [0.717, 1.165) is 66.2 Å². The molecule has 0 spiro atoms. The predicted molar refractivity (Wildman–Crippen MR) is 159 cm³/mol. The Morgan fingerprint density at radius 3 is 2.38 bits per heavy atom. The second-order valence-electron chi connectivity index (χ2n) is 9.97. The van der Waals surface area contributed by atoms with E-state index >= 15 is 0 Å². The summed E-state index contributed by atoms with van der Waals surface area (Å²) in [7, 11) is 0. The normalized spacial score (nSPS) is 14.0. The van der Waals surface area contributed by atoms with Crippen LogP contribution >= 0.6 is 0 Å². The van der Waals surface area contributed by atoms with Crippen molar-refractivity contribution in [2.45, 2.75) is 6.92 Å². The van der Waals surface area contributed by atoms with E-state index in [4.69, 9.17) is 9.47 Å². The van der Waals surface area contributed by atoms with Crippen LogP contribution in [-0.2, 0) is 4.74 Å². The SMILES string of the molecule is Cc1ccc(-c2cccc(C(=O)Nc3ccc(OCCN4CCOCC4)c4ccccc34)c2)c2ccccc12. The van der Waals surface area contributed by atoms with Crippen molar-refractivity contribution < 1.29 is 14.3 Å². The number of nitrogens with one attached hydrogen (secondary N) is 1. The maximum Gasteiger partial charge on any atom is 0.255 e. The zero-order valence-electron chi connectivity index (χ0n) is 22.2. The minimum Gasteiger partial charge on any atom is -0.492 e. The number of fused-ring (bicyclic) bond motifs is 2. The van der Waals surface area contributed by atoms with Crippen LogP contribution in [0.5, 0.6) is 5.75 Å². The van der Waals surface area contributed by atoms with Gasteiger partial charge in [0.15, 0.2) is 0 Å². The van der Waals surface area contributed by atoms with E-state index in [1.807, 2.05) is 54.6 Å². The van der Waals surface area contributed by atoms with Gasteiger partial charge in [-0.2, -0.15) is 0 Å². The van der Waals surface area contributed by atoms with Gasteiger partial charge in [0.25, 0.3) is 5.91 Å². The van der Waals surface area contributed by atoms with E-state index in [0.29, 0.717) is 12.2 Å². The lowest BCUT2D eigenvalue weighted by Gasteiger charge is -2.26. The average Bonchev–Trinajstić information content (AvgIpc) is 2.99. The molecule has 5 heteroatoms. The zero-order chi connectivity index (χ0) is 26.6. The minimum atomic E-state index is -0.139. The summed E-state index contributed by atoms with van der Waals surface area (Å²) in [5.74, 6) is 0.685. The van der Waals surface area contributed by atoms with Crippen LogP contribution in [0.2, 0.25) is 0 Å². The van der Waals surface area contributed by atoms with E-state index in [1.165, 1.54) is 16.3 Å². The molecular weight excluding hydrogens is 484 g/mol. The fraction of sp³-hybridized carbons (Fsp3) is 0.206. The molecule has 1 aliphatic rings. The summed E-state index contributed by atoms with van der Waals surface area (Å²) in [6.45, 7) is 7.04. The molecular formula is C34H32N2O3. The van der Waals surface area contributed by atoms with Gasteiger partial charge in [0.2, 0.25) is 0 Å². The minimum absolute atomic E-state index is 0.139. The van der Waals surface area contributed by atoms with Crippen LogP contribution < -0.4 is 10.1 Å². The molecule has 5 aromatic rings. The summed E-state index contributed by atoms with van der Waals surface area (Å²) in [6.07, 6.45) is 0. The van der Waals surface area contributed by atoms with Crippen molar-refractivity contribution in [2.24, 2.45) is 0 Å². The molecule has 0 unspecified atom stereocenters. The molecule has 6 rings (SSSR count). The Bertz CT molecular complexity index is 1640. The summed E-state index contributed by atoms with van der Waals surface area (Å²) in [5, 5.41) is 7.49. The monoisotopic (exact) mass is 516 g/mol. The lowest BCUT2D eigenvalue weighted by atomic mass is 9.94. The van der Waals surface area contributed by atoms with Gasteiger partial charge >= 0.3 is 0 Å². The first-order valence-electron chi connectivity index (χ1n) is 13.5. The molecule has 1 N–H and O–H groups in total. The van der Waals surface area contributed by atoms with Crippen LogP contribution in [0.25, 0.3) is 32.7 Å². The Balaban J connectivity index is 1.23. The van der Waals surface area contributed by atoms with Crippen molar-refractivity contribution in [1.29, 1.82) is 0 Å². The summed E-state index contributed by atoms with van der Waals surface area (Å²) >= 11 is 0. The standard InChI is InChI=1S/C34H32N2O3/c1-24-13-14-28(29-10-3-2-9-27(24)29)25-7-6-8-26(23-25)34(37)35-32-15-16-33(31-12-5-4-11-30(31)32)39-22-19-36-17-20-38-21-18-36/h2-16,23H,17-22H2,1H3,(H,35,37). The van der Waals surface area contributed by atoms with Gasteiger partial charge in [0, 0.05) is 41.7 Å². The van der Waals surface area contributed by atoms with Gasteiger partial charge in [-0.15, -0.1) is 0 Å². The number of nitrogens with zero attached hydrogens (tertiary/aromatic N) is 1. The highest BCUT2D eigenvalue weighted by Crippen LogP contribution is 2.33. The molecule has 0 aliphatic carbocycles. The number of hydrogen-bond donors (Lipinski definition) is 1. The number of anilines is 1. The van der Waals surface area contributed by atoms with E-state index in [9.17, 15) is 4.79 Å². The van der Waals surface area contributed by atoms with Crippen LogP contribution in [0.1, 0.15) is 15.9 Å². The van der Waals surface area contributed by atoms with Crippen molar-refractivity contribution in [3.63, 3.8) is 0 Å². The molecule has 1 saturated heterocycles. The Morgan fingerprint density at radius 2 is 1.56 bits per heavy atom. The summed E-state index contributed by atoms with van der Waals surface area (Å²) in [6, 6.07) is 32.5. The Morgan fingerprint density at radius 1 is 0.821 bits per heavy atom. The molecule has 1 aliphatic heterocycles. The van der Waals surface area contributed by atoms with Gasteiger partial charge in [0.1, 0.15) is 12.4 Å². The zero-order valence-corrected chi connectivity index (χ0v) is 22.2. The number of rotatable bonds is 7. The molecule has 0 aromatic heterocycles. The number of carbonyl (C=O) groups excluding carboxylic acids is 1. The van der Waals surface area contributed by atoms with Gasteiger partial charge < -0.3 is 14.8 Å². The lowest BCUT2D eigenvalue weighted by Crippen LogP contribution is -2.38. The first kappa shape index (κ1) is 25.1. The molecule has 1 heterocycles. The van der Waals surface area contributed by atoms with E-state index in [-0.39, 0.29) is 5.91 Å².